The summed E-state index contributed by atoms with van der Waals surface area (Å²) in [6.45, 7) is 5.84. The summed E-state index contributed by atoms with van der Waals surface area (Å²) in [4.78, 5) is 17.6. The van der Waals surface area contributed by atoms with Gasteiger partial charge in [0.15, 0.2) is 5.76 Å². The van der Waals surface area contributed by atoms with Gasteiger partial charge in [-0.1, -0.05) is 41.9 Å². The van der Waals surface area contributed by atoms with Crippen molar-refractivity contribution in [2.24, 2.45) is 0 Å². The molecular formula is C24H21ClFNO3S. The molecule has 0 saturated carbocycles. The topological polar surface area (TPSA) is 48.4 Å². The summed E-state index contributed by atoms with van der Waals surface area (Å²) in [6.07, 6.45) is 0.513. The molecule has 0 radical (unpaired) electrons. The monoisotopic (exact) mass is 457 g/mol. The van der Waals surface area contributed by atoms with E-state index in [0.29, 0.717) is 17.2 Å². The predicted octanol–water partition coefficient (Wildman–Crippen LogP) is 6.15. The highest BCUT2D eigenvalue weighted by atomic mass is 35.5. The number of halogens is 2. The van der Waals surface area contributed by atoms with E-state index >= 15 is 0 Å². The van der Waals surface area contributed by atoms with Crippen molar-refractivity contribution in [3.05, 3.63) is 101 Å². The second-order valence-corrected chi connectivity index (χ2v) is 8.07. The van der Waals surface area contributed by atoms with Crippen LogP contribution in [0.15, 0.2) is 77.9 Å². The molecule has 0 N–H and O–H groups in total. The van der Waals surface area contributed by atoms with Crippen LogP contribution in [0.3, 0.4) is 0 Å². The van der Waals surface area contributed by atoms with E-state index in [1.807, 2.05) is 31.2 Å². The molecule has 1 heterocycles. The van der Waals surface area contributed by atoms with Crippen molar-refractivity contribution in [1.82, 2.24) is 4.98 Å². The first-order valence-corrected chi connectivity index (χ1v) is 10.9. The first-order valence-electron chi connectivity index (χ1n) is 9.54. The van der Waals surface area contributed by atoms with Crippen molar-refractivity contribution < 1.29 is 18.7 Å². The largest absolute Gasteiger partial charge is 0.487 e. The minimum atomic E-state index is -0.710. The number of carbonyl (C=O) groups excluding carboxylic acids is 1. The standard InChI is InChI=1S/C24H21ClFNO3S/c1-16-5-3-7-21(25)23(16)31-15-20-6-4-8-22(27-20)30-24(28)17(2)29-14-13-18-9-11-19(26)12-10-18/h3-12H,2,13-15H2,1H3. The van der Waals surface area contributed by atoms with Crippen molar-refractivity contribution in [3.8, 4) is 5.88 Å². The highest BCUT2D eigenvalue weighted by Crippen LogP contribution is 2.32. The minimum Gasteiger partial charge on any atom is -0.487 e. The summed E-state index contributed by atoms with van der Waals surface area (Å²) >= 11 is 7.84. The number of aromatic nitrogens is 1. The molecule has 1 aromatic heterocycles. The normalized spacial score (nSPS) is 10.5. The van der Waals surface area contributed by atoms with Gasteiger partial charge in [0.25, 0.3) is 0 Å². The molecule has 0 atom stereocenters. The van der Waals surface area contributed by atoms with Gasteiger partial charge in [-0.25, -0.2) is 14.2 Å². The lowest BCUT2D eigenvalue weighted by Gasteiger charge is -2.10. The maximum absolute atomic E-state index is 12.9. The summed E-state index contributed by atoms with van der Waals surface area (Å²) in [5, 5.41) is 0.696. The fourth-order valence-corrected chi connectivity index (χ4v) is 4.03. The summed E-state index contributed by atoms with van der Waals surface area (Å²) in [6, 6.07) is 17.1. The number of carbonyl (C=O) groups is 1. The zero-order valence-electron chi connectivity index (χ0n) is 16.9. The molecule has 0 aliphatic rings. The van der Waals surface area contributed by atoms with Crippen LogP contribution in [-0.2, 0) is 21.7 Å². The van der Waals surface area contributed by atoms with Gasteiger partial charge in [0.05, 0.1) is 17.3 Å². The van der Waals surface area contributed by atoms with E-state index in [9.17, 15) is 9.18 Å². The molecule has 4 nitrogen and oxygen atoms in total. The number of esters is 1. The van der Waals surface area contributed by atoms with Crippen LogP contribution in [0.5, 0.6) is 5.88 Å². The Bertz CT molecular complexity index is 1050. The molecule has 0 saturated heterocycles. The van der Waals surface area contributed by atoms with E-state index in [-0.39, 0.29) is 24.1 Å². The van der Waals surface area contributed by atoms with E-state index in [2.05, 4.69) is 11.6 Å². The van der Waals surface area contributed by atoms with E-state index in [1.165, 1.54) is 12.1 Å². The molecule has 0 bridgehead atoms. The molecule has 0 unspecified atom stereocenters. The average Bonchev–Trinajstić information content (AvgIpc) is 2.75. The lowest BCUT2D eigenvalue weighted by atomic mass is 10.2. The van der Waals surface area contributed by atoms with Crippen LogP contribution in [0, 0.1) is 12.7 Å². The number of rotatable bonds is 9. The van der Waals surface area contributed by atoms with Crippen molar-refractivity contribution in [1.29, 1.82) is 0 Å². The third-order valence-corrected chi connectivity index (χ3v) is 6.01. The van der Waals surface area contributed by atoms with Crippen LogP contribution < -0.4 is 4.74 Å². The van der Waals surface area contributed by atoms with Gasteiger partial charge >= 0.3 is 5.97 Å². The second-order valence-electron chi connectivity index (χ2n) is 6.68. The van der Waals surface area contributed by atoms with Crippen LogP contribution >= 0.6 is 23.4 Å². The molecule has 0 spiro atoms. The molecular weight excluding hydrogens is 437 g/mol. The quantitative estimate of drug-likeness (QED) is 0.167. The summed E-state index contributed by atoms with van der Waals surface area (Å²) in [5.74, 6) is -0.380. The van der Waals surface area contributed by atoms with Crippen LogP contribution in [0.1, 0.15) is 16.8 Å². The Morgan fingerprint density at radius 1 is 1.13 bits per heavy atom. The molecule has 0 fully saturated rings. The van der Waals surface area contributed by atoms with Crippen LogP contribution in [0.25, 0.3) is 0 Å². The minimum absolute atomic E-state index is 0.115. The van der Waals surface area contributed by atoms with Gasteiger partial charge in [-0.05, 0) is 48.9 Å². The molecule has 160 valence electrons. The number of aryl methyl sites for hydroxylation is 1. The van der Waals surface area contributed by atoms with Crippen molar-refractivity contribution in [2.45, 2.75) is 24.0 Å². The van der Waals surface area contributed by atoms with Gasteiger partial charge in [0.2, 0.25) is 5.88 Å². The third-order valence-electron chi connectivity index (χ3n) is 4.31. The molecule has 7 heteroatoms. The third kappa shape index (κ3) is 6.84. The second kappa shape index (κ2) is 11.0. The Labute approximate surface area is 190 Å². The smallest absolute Gasteiger partial charge is 0.379 e. The highest BCUT2D eigenvalue weighted by Gasteiger charge is 2.13. The molecule has 0 amide bonds. The average molecular weight is 458 g/mol. The van der Waals surface area contributed by atoms with E-state index < -0.39 is 5.97 Å². The Kier molecular flexibility index (Phi) is 8.09. The Morgan fingerprint density at radius 2 is 1.87 bits per heavy atom. The maximum Gasteiger partial charge on any atom is 0.379 e. The number of hydrogen-bond acceptors (Lipinski definition) is 5. The molecule has 0 aliphatic heterocycles. The fraction of sp³-hybridized carbons (Fsp3) is 0.167. The van der Waals surface area contributed by atoms with Crippen LogP contribution in [-0.4, -0.2) is 17.6 Å². The van der Waals surface area contributed by atoms with Gasteiger partial charge in [-0.3, -0.25) is 0 Å². The van der Waals surface area contributed by atoms with Gasteiger partial charge in [-0.15, -0.1) is 11.8 Å². The van der Waals surface area contributed by atoms with Crippen molar-refractivity contribution in [3.63, 3.8) is 0 Å². The van der Waals surface area contributed by atoms with Gasteiger partial charge in [0, 0.05) is 23.1 Å². The SMILES string of the molecule is C=C(OCCc1ccc(F)cc1)C(=O)Oc1cccc(CSc2c(C)cccc2Cl)n1. The van der Waals surface area contributed by atoms with Crippen LogP contribution in [0.2, 0.25) is 5.02 Å². The Morgan fingerprint density at radius 3 is 2.61 bits per heavy atom. The van der Waals surface area contributed by atoms with Gasteiger partial charge < -0.3 is 9.47 Å². The molecule has 2 aromatic carbocycles. The van der Waals surface area contributed by atoms with Crippen LogP contribution in [0.4, 0.5) is 4.39 Å². The zero-order valence-corrected chi connectivity index (χ0v) is 18.5. The molecule has 3 aromatic rings. The lowest BCUT2D eigenvalue weighted by molar-refractivity contribution is -0.134. The van der Waals surface area contributed by atoms with E-state index in [4.69, 9.17) is 21.1 Å². The van der Waals surface area contributed by atoms with Crippen molar-refractivity contribution in [2.75, 3.05) is 6.61 Å². The highest BCUT2D eigenvalue weighted by molar-refractivity contribution is 7.98. The lowest BCUT2D eigenvalue weighted by Crippen LogP contribution is -2.15. The number of nitrogens with zero attached hydrogens (tertiary/aromatic N) is 1. The number of thioether (sulfide) groups is 1. The maximum atomic E-state index is 12.9. The molecule has 0 aliphatic carbocycles. The molecule has 31 heavy (non-hydrogen) atoms. The predicted molar refractivity (Wildman–Crippen MR) is 121 cm³/mol. The summed E-state index contributed by atoms with van der Waals surface area (Å²) in [7, 11) is 0. The zero-order chi connectivity index (χ0) is 22.2. The van der Waals surface area contributed by atoms with E-state index in [0.717, 1.165) is 21.7 Å². The van der Waals surface area contributed by atoms with Crippen molar-refractivity contribution >= 4 is 29.3 Å². The Hall–Kier alpha value is -2.83. The van der Waals surface area contributed by atoms with E-state index in [1.54, 1.807) is 36.0 Å². The number of pyridine rings is 1. The number of benzene rings is 2. The first-order chi connectivity index (χ1) is 14.9. The van der Waals surface area contributed by atoms with Gasteiger partial charge in [-0.2, -0.15) is 0 Å². The number of ether oxygens (including phenoxy) is 2. The molecule has 3 rings (SSSR count). The fourth-order valence-electron chi connectivity index (χ4n) is 2.69. The summed E-state index contributed by atoms with van der Waals surface area (Å²) in [5.41, 5.74) is 2.73. The van der Waals surface area contributed by atoms with Gasteiger partial charge in [0.1, 0.15) is 5.82 Å². The summed E-state index contributed by atoms with van der Waals surface area (Å²) < 4.78 is 23.6. The number of hydrogen-bond donors (Lipinski definition) is 0. The first kappa shape index (κ1) is 22.8. The Balaban J connectivity index is 1.50.